The highest BCUT2D eigenvalue weighted by molar-refractivity contribution is 5.56. The summed E-state index contributed by atoms with van der Waals surface area (Å²) in [5.74, 6) is -1.16. The number of halogens is 3. The number of hydrogen-bond donors (Lipinski definition) is 1. The summed E-state index contributed by atoms with van der Waals surface area (Å²) in [5.41, 5.74) is 3.63. The Balaban J connectivity index is 1.72. The Morgan fingerprint density at radius 3 is 2.90 bits per heavy atom. The van der Waals surface area contributed by atoms with Crippen LogP contribution in [-0.4, -0.2) is 30.7 Å². The number of nitrogens with one attached hydrogen (secondary N) is 1. The van der Waals surface area contributed by atoms with Crippen LogP contribution in [0.25, 0.3) is 0 Å². The van der Waals surface area contributed by atoms with Gasteiger partial charge in [-0.25, -0.2) is 0 Å². The molecule has 1 atom stereocenters. The maximum Gasteiger partial charge on any atom is 0.393 e. The minimum atomic E-state index is -4.06. The zero-order valence-electron chi connectivity index (χ0n) is 12.0. The Hall–Kier alpha value is -1.23. The van der Waals surface area contributed by atoms with E-state index in [0.29, 0.717) is 13.0 Å². The Labute approximate surface area is 123 Å². The highest BCUT2D eigenvalue weighted by atomic mass is 19.4. The van der Waals surface area contributed by atoms with E-state index in [2.05, 4.69) is 17.4 Å². The smallest absolute Gasteiger partial charge is 0.385 e. The van der Waals surface area contributed by atoms with Crippen LogP contribution in [-0.2, 0) is 13.0 Å². The van der Waals surface area contributed by atoms with Crippen molar-refractivity contribution in [3.63, 3.8) is 0 Å². The molecule has 1 unspecified atom stereocenters. The molecule has 1 aromatic carbocycles. The zero-order valence-corrected chi connectivity index (χ0v) is 12.0. The number of hydrogen-bond acceptors (Lipinski definition) is 2. The first-order chi connectivity index (χ1) is 10.0. The third kappa shape index (κ3) is 3.34. The third-order valence-electron chi connectivity index (χ3n) is 4.55. The molecule has 116 valence electrons. The molecular weight excluding hydrogens is 277 g/mol. The molecule has 1 N–H and O–H groups in total. The van der Waals surface area contributed by atoms with Gasteiger partial charge in [0.25, 0.3) is 0 Å². The Bertz CT molecular complexity index is 499. The number of benzene rings is 1. The first-order valence-corrected chi connectivity index (χ1v) is 7.68. The number of rotatable bonds is 2. The Morgan fingerprint density at radius 1 is 1.24 bits per heavy atom. The minimum Gasteiger partial charge on any atom is -0.385 e. The fraction of sp³-hybridized carbons (Fsp3) is 0.625. The normalized spacial score (nSPS) is 23.5. The van der Waals surface area contributed by atoms with Crippen molar-refractivity contribution in [2.75, 3.05) is 25.0 Å². The molecule has 2 nitrogen and oxygen atoms in total. The second-order valence-electron chi connectivity index (χ2n) is 6.09. The van der Waals surface area contributed by atoms with Gasteiger partial charge in [-0.2, -0.15) is 13.2 Å². The van der Waals surface area contributed by atoms with E-state index in [-0.39, 0.29) is 13.0 Å². The van der Waals surface area contributed by atoms with E-state index in [1.54, 1.807) is 0 Å². The highest BCUT2D eigenvalue weighted by Gasteiger charge is 2.41. The van der Waals surface area contributed by atoms with E-state index in [1.807, 2.05) is 11.0 Å². The van der Waals surface area contributed by atoms with Crippen LogP contribution >= 0.6 is 0 Å². The summed E-state index contributed by atoms with van der Waals surface area (Å²) < 4.78 is 38.7. The van der Waals surface area contributed by atoms with Crippen molar-refractivity contribution in [1.29, 1.82) is 0 Å². The molecule has 1 saturated heterocycles. The van der Waals surface area contributed by atoms with Crippen LogP contribution in [0.5, 0.6) is 0 Å². The van der Waals surface area contributed by atoms with E-state index in [4.69, 9.17) is 0 Å². The largest absolute Gasteiger partial charge is 0.393 e. The van der Waals surface area contributed by atoms with Crippen molar-refractivity contribution < 1.29 is 13.2 Å². The van der Waals surface area contributed by atoms with Gasteiger partial charge in [0.15, 0.2) is 0 Å². The van der Waals surface area contributed by atoms with Gasteiger partial charge in [-0.3, -0.25) is 4.90 Å². The number of alkyl halides is 3. The summed E-state index contributed by atoms with van der Waals surface area (Å²) in [6.07, 6.45) is -1.04. The predicted octanol–water partition coefficient (Wildman–Crippen LogP) is 3.82. The minimum absolute atomic E-state index is 0.139. The molecule has 3 rings (SSSR count). The molecule has 0 bridgehead atoms. The first kappa shape index (κ1) is 14.7. The molecule has 1 fully saturated rings. The molecule has 5 heteroatoms. The van der Waals surface area contributed by atoms with E-state index in [0.717, 1.165) is 31.6 Å². The number of likely N-dealkylation sites (tertiary alicyclic amines) is 1. The van der Waals surface area contributed by atoms with Crippen molar-refractivity contribution in [1.82, 2.24) is 4.90 Å². The van der Waals surface area contributed by atoms with E-state index < -0.39 is 12.1 Å². The van der Waals surface area contributed by atoms with Gasteiger partial charge in [-0.1, -0.05) is 12.1 Å². The standard InChI is InChI=1S/C16H21F3N2/c17-16(18,19)13-5-3-9-21(11-13)10-12-4-1-7-15-14(12)6-2-8-20-15/h1,4,7,13,20H,2-3,5-6,8-11H2. The van der Waals surface area contributed by atoms with Crippen molar-refractivity contribution in [3.8, 4) is 0 Å². The summed E-state index contributed by atoms with van der Waals surface area (Å²) in [4.78, 5) is 1.96. The number of anilines is 1. The summed E-state index contributed by atoms with van der Waals surface area (Å²) in [6, 6.07) is 6.12. The highest BCUT2D eigenvalue weighted by Crippen LogP contribution is 2.34. The third-order valence-corrected chi connectivity index (χ3v) is 4.55. The Morgan fingerprint density at radius 2 is 2.10 bits per heavy atom. The summed E-state index contributed by atoms with van der Waals surface area (Å²) in [6.45, 7) is 2.53. The van der Waals surface area contributed by atoms with Gasteiger partial charge in [0, 0.05) is 25.3 Å². The van der Waals surface area contributed by atoms with Gasteiger partial charge in [-0.15, -0.1) is 0 Å². The van der Waals surface area contributed by atoms with Crippen LogP contribution in [0, 0.1) is 5.92 Å². The lowest BCUT2D eigenvalue weighted by Crippen LogP contribution is -2.41. The lowest BCUT2D eigenvalue weighted by atomic mass is 9.94. The van der Waals surface area contributed by atoms with Crippen LogP contribution in [0.1, 0.15) is 30.4 Å². The SMILES string of the molecule is FC(F)(F)C1CCCN(Cc2cccc3c2CCCN3)C1. The summed E-state index contributed by atoms with van der Waals surface area (Å²) >= 11 is 0. The number of fused-ring (bicyclic) bond motifs is 1. The molecule has 21 heavy (non-hydrogen) atoms. The van der Waals surface area contributed by atoms with E-state index in [1.165, 1.54) is 11.1 Å². The Kier molecular flexibility index (Phi) is 4.11. The summed E-state index contributed by atoms with van der Waals surface area (Å²) in [7, 11) is 0. The molecule has 0 aliphatic carbocycles. The van der Waals surface area contributed by atoms with Crippen molar-refractivity contribution >= 4 is 5.69 Å². The molecule has 0 aromatic heterocycles. The van der Waals surface area contributed by atoms with Gasteiger partial charge < -0.3 is 5.32 Å². The first-order valence-electron chi connectivity index (χ1n) is 7.68. The molecule has 0 saturated carbocycles. The average molecular weight is 298 g/mol. The van der Waals surface area contributed by atoms with Crippen LogP contribution in [0.15, 0.2) is 18.2 Å². The topological polar surface area (TPSA) is 15.3 Å². The van der Waals surface area contributed by atoms with Crippen LogP contribution in [0.2, 0.25) is 0 Å². The fourth-order valence-electron chi connectivity index (χ4n) is 3.44. The van der Waals surface area contributed by atoms with E-state index in [9.17, 15) is 13.2 Å². The molecular formula is C16H21F3N2. The molecule has 2 aliphatic heterocycles. The van der Waals surface area contributed by atoms with Crippen molar-refractivity contribution in [3.05, 3.63) is 29.3 Å². The molecule has 2 aliphatic rings. The molecule has 0 amide bonds. The van der Waals surface area contributed by atoms with E-state index >= 15 is 0 Å². The quantitative estimate of drug-likeness (QED) is 0.893. The molecule has 0 spiro atoms. The zero-order chi connectivity index (χ0) is 14.9. The van der Waals surface area contributed by atoms with Gasteiger partial charge in [-0.05, 0) is 49.4 Å². The lowest BCUT2D eigenvalue weighted by molar-refractivity contribution is -0.187. The predicted molar refractivity (Wildman–Crippen MR) is 77.3 cm³/mol. The van der Waals surface area contributed by atoms with Gasteiger partial charge in [0.1, 0.15) is 0 Å². The van der Waals surface area contributed by atoms with Crippen LogP contribution < -0.4 is 5.32 Å². The lowest BCUT2D eigenvalue weighted by Gasteiger charge is -2.34. The maximum absolute atomic E-state index is 12.9. The van der Waals surface area contributed by atoms with Crippen LogP contribution in [0.3, 0.4) is 0 Å². The monoisotopic (exact) mass is 298 g/mol. The van der Waals surface area contributed by atoms with Crippen LogP contribution in [0.4, 0.5) is 18.9 Å². The number of piperidine rings is 1. The van der Waals surface area contributed by atoms with Crippen molar-refractivity contribution in [2.24, 2.45) is 5.92 Å². The van der Waals surface area contributed by atoms with Gasteiger partial charge in [0.05, 0.1) is 5.92 Å². The maximum atomic E-state index is 12.9. The van der Waals surface area contributed by atoms with Gasteiger partial charge >= 0.3 is 6.18 Å². The summed E-state index contributed by atoms with van der Waals surface area (Å²) in [5, 5.41) is 3.37. The van der Waals surface area contributed by atoms with Gasteiger partial charge in [0.2, 0.25) is 0 Å². The number of nitrogens with zero attached hydrogens (tertiary/aromatic N) is 1. The fourth-order valence-corrected chi connectivity index (χ4v) is 3.44. The molecule has 0 radical (unpaired) electrons. The molecule has 2 heterocycles. The second-order valence-corrected chi connectivity index (χ2v) is 6.09. The molecule has 1 aromatic rings. The average Bonchev–Trinajstić information content (AvgIpc) is 2.47. The van der Waals surface area contributed by atoms with Crippen molar-refractivity contribution in [2.45, 2.75) is 38.4 Å². The second kappa shape index (κ2) is 5.87.